The Morgan fingerprint density at radius 3 is 2.94 bits per heavy atom. The van der Waals surface area contributed by atoms with Gasteiger partial charge in [0, 0.05) is 6.04 Å². The lowest BCUT2D eigenvalue weighted by atomic mass is 10.0. The number of benzene rings is 1. The number of nitrogens with zero attached hydrogens (tertiary/aromatic N) is 1. The Morgan fingerprint density at radius 2 is 2.22 bits per heavy atom. The first-order valence-electron chi connectivity index (χ1n) is 6.45. The van der Waals surface area contributed by atoms with Gasteiger partial charge in [-0.3, -0.25) is 9.69 Å². The summed E-state index contributed by atoms with van der Waals surface area (Å²) in [5.74, 6) is -0.536. The van der Waals surface area contributed by atoms with Crippen LogP contribution in [-0.2, 0) is 4.79 Å². The van der Waals surface area contributed by atoms with Gasteiger partial charge in [-0.1, -0.05) is 18.6 Å². The molecule has 0 unspecified atom stereocenters. The summed E-state index contributed by atoms with van der Waals surface area (Å²) in [6.07, 6.45) is 3.50. The molecule has 1 fully saturated rings. The summed E-state index contributed by atoms with van der Waals surface area (Å²) in [7, 11) is 0. The van der Waals surface area contributed by atoms with Gasteiger partial charge in [0.15, 0.2) is 0 Å². The fraction of sp³-hybridized carbons (Fsp3) is 0.500. The minimum atomic E-state index is -0.391. The molecule has 1 aliphatic heterocycles. The molecule has 3 nitrogen and oxygen atoms in total. The van der Waals surface area contributed by atoms with Crippen molar-refractivity contribution in [3.63, 3.8) is 0 Å². The Kier molecular flexibility index (Phi) is 4.31. The maximum atomic E-state index is 13.4. The summed E-state index contributed by atoms with van der Waals surface area (Å²) in [5, 5.41) is 2.62. The Balaban J connectivity index is 1.90. The Morgan fingerprint density at radius 1 is 1.44 bits per heavy atom. The van der Waals surface area contributed by atoms with Gasteiger partial charge in [0.1, 0.15) is 5.82 Å². The number of likely N-dealkylation sites (tertiary alicyclic amines) is 1. The van der Waals surface area contributed by atoms with Crippen LogP contribution in [0.5, 0.6) is 0 Å². The molecule has 1 atom stereocenters. The number of piperidine rings is 1. The fourth-order valence-electron chi connectivity index (χ4n) is 2.33. The summed E-state index contributed by atoms with van der Waals surface area (Å²) in [6.45, 7) is 3.43. The average Bonchev–Trinajstić information content (AvgIpc) is 2.35. The van der Waals surface area contributed by atoms with Crippen molar-refractivity contribution in [1.29, 1.82) is 0 Å². The topological polar surface area (TPSA) is 32.3 Å². The van der Waals surface area contributed by atoms with E-state index in [1.165, 1.54) is 12.5 Å². The van der Waals surface area contributed by atoms with Gasteiger partial charge in [-0.15, -0.1) is 0 Å². The Hall–Kier alpha value is -1.42. The highest BCUT2D eigenvalue weighted by molar-refractivity contribution is 5.92. The van der Waals surface area contributed by atoms with Crippen molar-refractivity contribution >= 4 is 11.6 Å². The monoisotopic (exact) mass is 250 g/mol. The number of carbonyl (C=O) groups is 1. The Labute approximate surface area is 107 Å². The maximum Gasteiger partial charge on any atom is 0.238 e. The van der Waals surface area contributed by atoms with Crippen molar-refractivity contribution in [3.8, 4) is 0 Å². The number of anilines is 1. The van der Waals surface area contributed by atoms with E-state index in [1.54, 1.807) is 18.2 Å². The van der Waals surface area contributed by atoms with Crippen LogP contribution in [0.2, 0.25) is 0 Å². The quantitative estimate of drug-likeness (QED) is 0.894. The van der Waals surface area contributed by atoms with Gasteiger partial charge in [0.05, 0.1) is 12.2 Å². The van der Waals surface area contributed by atoms with Crippen LogP contribution in [0.25, 0.3) is 0 Å². The van der Waals surface area contributed by atoms with E-state index in [4.69, 9.17) is 0 Å². The molecule has 0 bridgehead atoms. The summed E-state index contributed by atoms with van der Waals surface area (Å²) in [6, 6.07) is 6.68. The van der Waals surface area contributed by atoms with Crippen LogP contribution in [0, 0.1) is 5.82 Å². The molecule has 1 aliphatic rings. The highest BCUT2D eigenvalue weighted by Crippen LogP contribution is 2.17. The SMILES string of the molecule is C[C@@H]1CCCCN1CC(=O)Nc1ccccc1F. The summed E-state index contributed by atoms with van der Waals surface area (Å²) in [4.78, 5) is 14.0. The van der Waals surface area contributed by atoms with E-state index in [2.05, 4.69) is 17.1 Å². The molecule has 1 saturated heterocycles. The van der Waals surface area contributed by atoms with Crippen LogP contribution in [-0.4, -0.2) is 29.9 Å². The standard InChI is InChI=1S/C14H19FN2O/c1-11-6-4-5-9-17(11)10-14(18)16-13-8-3-2-7-12(13)15/h2-3,7-8,11H,4-6,9-10H2,1H3,(H,16,18)/t11-/m1/s1. The molecule has 0 saturated carbocycles. The summed E-state index contributed by atoms with van der Waals surface area (Å²) < 4.78 is 13.4. The number of halogens is 1. The molecule has 0 spiro atoms. The predicted molar refractivity (Wildman–Crippen MR) is 69.9 cm³/mol. The lowest BCUT2D eigenvalue weighted by Gasteiger charge is -2.32. The number of hydrogen-bond acceptors (Lipinski definition) is 2. The third-order valence-electron chi connectivity index (χ3n) is 3.44. The minimum absolute atomic E-state index is 0.145. The van der Waals surface area contributed by atoms with E-state index >= 15 is 0 Å². The predicted octanol–water partition coefficient (Wildman–Crippen LogP) is 2.64. The molecular formula is C14H19FN2O. The van der Waals surface area contributed by atoms with Crippen LogP contribution < -0.4 is 5.32 Å². The van der Waals surface area contributed by atoms with Gasteiger partial charge in [0.2, 0.25) is 5.91 Å². The molecule has 1 aromatic rings. The third kappa shape index (κ3) is 3.29. The molecule has 4 heteroatoms. The zero-order valence-corrected chi connectivity index (χ0v) is 10.7. The second-order valence-corrected chi connectivity index (χ2v) is 4.84. The second kappa shape index (κ2) is 5.96. The van der Waals surface area contributed by atoms with E-state index in [-0.39, 0.29) is 11.6 Å². The second-order valence-electron chi connectivity index (χ2n) is 4.84. The van der Waals surface area contributed by atoms with Gasteiger partial charge >= 0.3 is 0 Å². The molecule has 1 aromatic carbocycles. The number of rotatable bonds is 3. The molecule has 0 aromatic heterocycles. The molecule has 1 N–H and O–H groups in total. The first-order valence-corrected chi connectivity index (χ1v) is 6.45. The van der Waals surface area contributed by atoms with Crippen LogP contribution in [0.3, 0.4) is 0 Å². The summed E-state index contributed by atoms with van der Waals surface area (Å²) in [5.41, 5.74) is 0.257. The van der Waals surface area contributed by atoms with Crippen molar-refractivity contribution in [3.05, 3.63) is 30.1 Å². The zero-order chi connectivity index (χ0) is 13.0. The largest absolute Gasteiger partial charge is 0.322 e. The van der Waals surface area contributed by atoms with Gasteiger partial charge < -0.3 is 5.32 Å². The zero-order valence-electron chi connectivity index (χ0n) is 10.7. The molecule has 1 amide bonds. The van der Waals surface area contributed by atoms with Crippen molar-refractivity contribution in [2.24, 2.45) is 0 Å². The van der Waals surface area contributed by atoms with E-state index in [0.717, 1.165) is 19.4 Å². The van der Waals surface area contributed by atoms with Gasteiger partial charge in [-0.2, -0.15) is 0 Å². The smallest absolute Gasteiger partial charge is 0.238 e. The number of carbonyl (C=O) groups excluding carboxylic acids is 1. The lowest BCUT2D eigenvalue weighted by Crippen LogP contribution is -2.42. The van der Waals surface area contributed by atoms with Gasteiger partial charge in [-0.05, 0) is 38.4 Å². The summed E-state index contributed by atoms with van der Waals surface area (Å²) >= 11 is 0. The van der Waals surface area contributed by atoms with E-state index in [0.29, 0.717) is 12.6 Å². The molecule has 98 valence electrons. The van der Waals surface area contributed by atoms with Crippen molar-refractivity contribution < 1.29 is 9.18 Å². The van der Waals surface area contributed by atoms with E-state index in [1.807, 2.05) is 0 Å². The average molecular weight is 250 g/mol. The van der Waals surface area contributed by atoms with Crippen molar-refractivity contribution in [2.45, 2.75) is 32.2 Å². The first-order chi connectivity index (χ1) is 8.66. The fourth-order valence-corrected chi connectivity index (χ4v) is 2.33. The van der Waals surface area contributed by atoms with Crippen LogP contribution in [0.15, 0.2) is 24.3 Å². The van der Waals surface area contributed by atoms with Crippen LogP contribution in [0.4, 0.5) is 10.1 Å². The van der Waals surface area contributed by atoms with E-state index < -0.39 is 5.82 Å². The van der Waals surface area contributed by atoms with Crippen molar-refractivity contribution in [2.75, 3.05) is 18.4 Å². The maximum absolute atomic E-state index is 13.4. The molecule has 0 radical (unpaired) electrons. The minimum Gasteiger partial charge on any atom is -0.322 e. The Bertz CT molecular complexity index is 422. The van der Waals surface area contributed by atoms with Crippen LogP contribution in [0.1, 0.15) is 26.2 Å². The molecule has 18 heavy (non-hydrogen) atoms. The number of para-hydroxylation sites is 1. The molecular weight excluding hydrogens is 231 g/mol. The van der Waals surface area contributed by atoms with E-state index in [9.17, 15) is 9.18 Å². The highest BCUT2D eigenvalue weighted by atomic mass is 19.1. The molecule has 2 rings (SSSR count). The first kappa shape index (κ1) is 13.0. The number of hydrogen-bond donors (Lipinski definition) is 1. The van der Waals surface area contributed by atoms with Crippen LogP contribution >= 0.6 is 0 Å². The highest BCUT2D eigenvalue weighted by Gasteiger charge is 2.20. The normalized spacial score (nSPS) is 20.7. The molecule has 1 heterocycles. The number of nitrogens with one attached hydrogen (secondary N) is 1. The molecule has 0 aliphatic carbocycles. The number of amides is 1. The lowest BCUT2D eigenvalue weighted by molar-refractivity contribution is -0.118. The van der Waals surface area contributed by atoms with Crippen molar-refractivity contribution in [1.82, 2.24) is 4.90 Å². The van der Waals surface area contributed by atoms with Gasteiger partial charge in [0.25, 0.3) is 0 Å². The third-order valence-corrected chi connectivity index (χ3v) is 3.44. The van der Waals surface area contributed by atoms with Gasteiger partial charge in [-0.25, -0.2) is 4.39 Å².